The van der Waals surface area contributed by atoms with E-state index in [0.29, 0.717) is 6.42 Å². The van der Waals surface area contributed by atoms with Gasteiger partial charge in [-0.05, 0) is 38.0 Å². The van der Waals surface area contributed by atoms with E-state index >= 15 is 0 Å². The number of carbonyl (C=O) groups is 1. The summed E-state index contributed by atoms with van der Waals surface area (Å²) in [5.41, 5.74) is 0.396. The minimum absolute atomic E-state index is 0.0642. The van der Waals surface area contributed by atoms with E-state index in [4.69, 9.17) is 14.2 Å². The van der Waals surface area contributed by atoms with Crippen LogP contribution in [0.3, 0.4) is 0 Å². The third kappa shape index (κ3) is 3.43. The second-order valence-corrected chi connectivity index (χ2v) is 9.41. The quantitative estimate of drug-likeness (QED) is 0.380. The van der Waals surface area contributed by atoms with Crippen molar-refractivity contribution in [3.05, 3.63) is 12.2 Å². The van der Waals surface area contributed by atoms with Crippen LogP contribution >= 0.6 is 0 Å². The van der Waals surface area contributed by atoms with Crippen LogP contribution in [0.25, 0.3) is 0 Å². The Balaban J connectivity index is 1.56. The van der Waals surface area contributed by atoms with Gasteiger partial charge in [0.1, 0.15) is 30.5 Å². The Morgan fingerprint density at radius 3 is 2.66 bits per heavy atom. The van der Waals surface area contributed by atoms with Gasteiger partial charge in [-0.25, -0.2) is 0 Å². The molecule has 11 unspecified atom stereocenters. The van der Waals surface area contributed by atoms with Crippen molar-refractivity contribution >= 4 is 5.97 Å². The maximum absolute atomic E-state index is 12.1. The number of hydrogen-bond acceptors (Lipinski definition) is 8. The predicted octanol–water partition coefficient (Wildman–Crippen LogP) is 0.115. The third-order valence-electron chi connectivity index (χ3n) is 7.73. The molecular formula is C21H32O8. The van der Waals surface area contributed by atoms with Gasteiger partial charge in [-0.3, -0.25) is 4.79 Å². The number of rotatable bonds is 3. The summed E-state index contributed by atoms with van der Waals surface area (Å²) in [5, 5.41) is 39.9. The standard InChI is InChI=1S/C21H32O8/c1-9-6-14-12(10(2)19(26)27-14)7-13-11(9)4-5-21(13,3)29-20-18(25)17(24)16(23)15(8-22)28-20/h10-18,20,22-25H,1,4-8H2,2-3H3. The van der Waals surface area contributed by atoms with Crippen LogP contribution in [0.1, 0.15) is 39.5 Å². The van der Waals surface area contributed by atoms with Gasteiger partial charge in [0.05, 0.1) is 18.1 Å². The number of aliphatic hydroxyl groups excluding tert-OH is 4. The minimum atomic E-state index is -1.47. The van der Waals surface area contributed by atoms with Crippen LogP contribution in [-0.2, 0) is 19.0 Å². The molecule has 0 aromatic carbocycles. The second kappa shape index (κ2) is 7.59. The first kappa shape index (κ1) is 21.2. The zero-order valence-electron chi connectivity index (χ0n) is 16.9. The van der Waals surface area contributed by atoms with E-state index in [0.717, 1.165) is 24.8 Å². The van der Waals surface area contributed by atoms with Crippen molar-refractivity contribution in [3.63, 3.8) is 0 Å². The Labute approximate surface area is 170 Å². The molecule has 4 fully saturated rings. The summed E-state index contributed by atoms with van der Waals surface area (Å²) in [4.78, 5) is 12.1. The number of hydrogen-bond donors (Lipinski definition) is 4. The zero-order valence-corrected chi connectivity index (χ0v) is 16.9. The summed E-state index contributed by atoms with van der Waals surface area (Å²) >= 11 is 0. The lowest BCUT2D eigenvalue weighted by atomic mass is 9.77. The summed E-state index contributed by atoms with van der Waals surface area (Å²) in [6.07, 6.45) is -3.63. The van der Waals surface area contributed by atoms with Gasteiger partial charge in [0.2, 0.25) is 0 Å². The number of fused-ring (bicyclic) bond motifs is 2. The lowest BCUT2D eigenvalue weighted by Gasteiger charge is -2.44. The molecule has 4 aliphatic rings. The SMILES string of the molecule is C=C1CC2OC(=O)C(C)C2CC2C1CCC2(C)OC1OC(CO)C(O)C(O)C1O. The third-order valence-corrected chi connectivity index (χ3v) is 7.73. The average molecular weight is 412 g/mol. The number of aliphatic hydroxyl groups is 4. The molecule has 2 heterocycles. The lowest BCUT2D eigenvalue weighted by Crippen LogP contribution is -2.61. The molecule has 4 rings (SSSR count). The zero-order chi connectivity index (χ0) is 21.1. The van der Waals surface area contributed by atoms with Crippen LogP contribution in [0.2, 0.25) is 0 Å². The largest absolute Gasteiger partial charge is 0.461 e. The molecule has 0 aromatic rings. The molecule has 0 bridgehead atoms. The Morgan fingerprint density at radius 1 is 1.24 bits per heavy atom. The molecule has 29 heavy (non-hydrogen) atoms. The van der Waals surface area contributed by atoms with E-state index in [1.807, 2.05) is 13.8 Å². The van der Waals surface area contributed by atoms with Crippen LogP contribution in [0.15, 0.2) is 12.2 Å². The normalized spacial score (nSPS) is 52.6. The van der Waals surface area contributed by atoms with E-state index in [9.17, 15) is 25.2 Å². The number of ether oxygens (including phenoxy) is 3. The Bertz CT molecular complexity index is 665. The fourth-order valence-electron chi connectivity index (χ4n) is 5.83. The Hall–Kier alpha value is -1.03. The number of carbonyl (C=O) groups excluding carboxylic acids is 1. The molecule has 0 radical (unpaired) electrons. The minimum Gasteiger partial charge on any atom is -0.461 e. The average Bonchev–Trinajstić information content (AvgIpc) is 3.08. The summed E-state index contributed by atoms with van der Waals surface area (Å²) in [6.45, 7) is 7.64. The van der Waals surface area contributed by atoms with Gasteiger partial charge < -0.3 is 34.6 Å². The summed E-state index contributed by atoms with van der Waals surface area (Å²) in [6, 6.07) is 0. The highest BCUT2D eigenvalue weighted by Crippen LogP contribution is 2.55. The van der Waals surface area contributed by atoms with E-state index < -0.39 is 42.9 Å². The van der Waals surface area contributed by atoms with E-state index in [2.05, 4.69) is 6.58 Å². The van der Waals surface area contributed by atoms with E-state index in [1.165, 1.54) is 0 Å². The van der Waals surface area contributed by atoms with Gasteiger partial charge in [-0.2, -0.15) is 0 Å². The molecule has 8 nitrogen and oxygen atoms in total. The first-order chi connectivity index (χ1) is 13.7. The molecular weight excluding hydrogens is 380 g/mol. The summed E-state index contributed by atoms with van der Waals surface area (Å²) in [5.74, 6) is 0.0326. The molecule has 2 saturated heterocycles. The van der Waals surface area contributed by atoms with Crippen LogP contribution in [0, 0.1) is 23.7 Å². The Morgan fingerprint density at radius 2 is 1.97 bits per heavy atom. The molecule has 2 aliphatic carbocycles. The molecule has 0 aromatic heterocycles. The van der Waals surface area contributed by atoms with Gasteiger partial charge in [0.15, 0.2) is 6.29 Å². The molecule has 4 N–H and O–H groups in total. The van der Waals surface area contributed by atoms with Crippen molar-refractivity contribution in [2.45, 2.75) is 81.9 Å². The van der Waals surface area contributed by atoms with Crippen LogP contribution in [0.4, 0.5) is 0 Å². The van der Waals surface area contributed by atoms with Crippen LogP contribution in [0.5, 0.6) is 0 Å². The monoisotopic (exact) mass is 412 g/mol. The highest BCUT2D eigenvalue weighted by atomic mass is 16.7. The highest BCUT2D eigenvalue weighted by molar-refractivity contribution is 5.75. The van der Waals surface area contributed by atoms with Crippen LogP contribution < -0.4 is 0 Å². The molecule has 0 amide bonds. The van der Waals surface area contributed by atoms with Crippen molar-refractivity contribution in [1.82, 2.24) is 0 Å². The van der Waals surface area contributed by atoms with E-state index in [-0.39, 0.29) is 35.7 Å². The van der Waals surface area contributed by atoms with Crippen molar-refractivity contribution < 1.29 is 39.4 Å². The van der Waals surface area contributed by atoms with Gasteiger partial charge >= 0.3 is 5.97 Å². The molecule has 2 aliphatic heterocycles. The first-order valence-corrected chi connectivity index (χ1v) is 10.5. The van der Waals surface area contributed by atoms with Crippen LogP contribution in [-0.4, -0.2) is 75.4 Å². The van der Waals surface area contributed by atoms with Crippen molar-refractivity contribution in [3.8, 4) is 0 Å². The van der Waals surface area contributed by atoms with Crippen molar-refractivity contribution in [2.75, 3.05) is 6.61 Å². The first-order valence-electron chi connectivity index (χ1n) is 10.5. The van der Waals surface area contributed by atoms with Crippen molar-refractivity contribution in [2.24, 2.45) is 23.7 Å². The van der Waals surface area contributed by atoms with Gasteiger partial charge in [-0.15, -0.1) is 0 Å². The van der Waals surface area contributed by atoms with Crippen molar-refractivity contribution in [1.29, 1.82) is 0 Å². The number of esters is 1. The molecule has 164 valence electrons. The predicted molar refractivity (Wildman–Crippen MR) is 100 cm³/mol. The maximum atomic E-state index is 12.1. The smallest absolute Gasteiger partial charge is 0.309 e. The molecule has 2 saturated carbocycles. The van der Waals surface area contributed by atoms with Gasteiger partial charge in [0, 0.05) is 12.3 Å². The van der Waals surface area contributed by atoms with E-state index in [1.54, 1.807) is 0 Å². The fourth-order valence-corrected chi connectivity index (χ4v) is 5.83. The highest BCUT2D eigenvalue weighted by Gasteiger charge is 2.56. The lowest BCUT2D eigenvalue weighted by molar-refractivity contribution is -0.329. The maximum Gasteiger partial charge on any atom is 0.309 e. The van der Waals surface area contributed by atoms with Gasteiger partial charge in [0.25, 0.3) is 0 Å². The molecule has 8 heteroatoms. The fraction of sp³-hybridized carbons (Fsp3) is 0.857. The Kier molecular flexibility index (Phi) is 5.55. The summed E-state index contributed by atoms with van der Waals surface area (Å²) in [7, 11) is 0. The topological polar surface area (TPSA) is 126 Å². The molecule has 0 spiro atoms. The second-order valence-electron chi connectivity index (χ2n) is 9.41. The van der Waals surface area contributed by atoms with Gasteiger partial charge in [-0.1, -0.05) is 19.1 Å². The molecule has 11 atom stereocenters. The summed E-state index contributed by atoms with van der Waals surface area (Å²) < 4.78 is 17.4.